The predicted molar refractivity (Wildman–Crippen MR) is 136 cm³/mol. The minimum absolute atomic E-state index is 0.0363. The largest absolute Gasteiger partial charge is 0.322 e. The van der Waals surface area contributed by atoms with Gasteiger partial charge in [-0.05, 0) is 41.8 Å². The summed E-state index contributed by atoms with van der Waals surface area (Å²) in [4.78, 5) is 14.8. The normalized spacial score (nSPS) is 11.1. The van der Waals surface area contributed by atoms with E-state index in [1.54, 1.807) is 65.6 Å². The van der Waals surface area contributed by atoms with E-state index in [0.717, 1.165) is 18.4 Å². The molecule has 0 bridgehead atoms. The lowest BCUT2D eigenvalue weighted by Crippen LogP contribution is -2.35. The van der Waals surface area contributed by atoms with E-state index in [1.807, 2.05) is 18.5 Å². The fourth-order valence-corrected chi connectivity index (χ4v) is 4.36. The molecule has 0 spiro atoms. The Bertz CT molecular complexity index is 1290. The van der Waals surface area contributed by atoms with Gasteiger partial charge in [-0.25, -0.2) is 18.4 Å². The Morgan fingerprint density at radius 1 is 1.06 bits per heavy atom. The van der Waals surface area contributed by atoms with E-state index in [2.05, 4.69) is 5.32 Å². The lowest BCUT2D eigenvalue weighted by atomic mass is 10.1. The van der Waals surface area contributed by atoms with Crippen molar-refractivity contribution >= 4 is 27.6 Å². The zero-order valence-electron chi connectivity index (χ0n) is 19.4. The third-order valence-electron chi connectivity index (χ3n) is 5.41. The van der Waals surface area contributed by atoms with Gasteiger partial charge in [-0.1, -0.05) is 61.9 Å². The molecule has 0 fully saturated rings. The van der Waals surface area contributed by atoms with Crippen LogP contribution < -0.4 is 15.9 Å². The molecule has 9 nitrogen and oxygen atoms in total. The number of nitrogens with zero attached hydrogens (tertiary/aromatic N) is 1. The number of anilines is 1. The number of hydrogen-bond acceptors (Lipinski definition) is 5. The maximum Gasteiger partial charge on any atom is 0.322 e. The Labute approximate surface area is 205 Å². The SMILES string of the molecule is CCCCN(Cc1cccc(C(=N)NO)c1)C(=O)Nc1ccc(-c2ccccc2S(N)(=O)=O)cc1. The lowest BCUT2D eigenvalue weighted by Gasteiger charge is -2.23. The summed E-state index contributed by atoms with van der Waals surface area (Å²) in [7, 11) is -3.88. The van der Waals surface area contributed by atoms with Crippen LogP contribution in [0.5, 0.6) is 0 Å². The predicted octanol–water partition coefficient (Wildman–Crippen LogP) is 4.14. The van der Waals surface area contributed by atoms with Crippen molar-refractivity contribution < 1.29 is 18.4 Å². The molecule has 0 aliphatic carbocycles. The van der Waals surface area contributed by atoms with Crippen molar-refractivity contribution in [3.63, 3.8) is 0 Å². The fraction of sp³-hybridized carbons (Fsp3) is 0.200. The number of benzene rings is 3. The monoisotopic (exact) mass is 495 g/mol. The Morgan fingerprint density at radius 3 is 2.43 bits per heavy atom. The van der Waals surface area contributed by atoms with Gasteiger partial charge in [0.05, 0.1) is 4.90 Å². The highest BCUT2D eigenvalue weighted by atomic mass is 32.2. The van der Waals surface area contributed by atoms with Crippen LogP contribution >= 0.6 is 0 Å². The first kappa shape index (κ1) is 25.9. The molecule has 3 aromatic rings. The number of carbonyl (C=O) groups excluding carboxylic acids is 1. The van der Waals surface area contributed by atoms with E-state index >= 15 is 0 Å². The molecule has 0 saturated heterocycles. The van der Waals surface area contributed by atoms with Gasteiger partial charge in [0.2, 0.25) is 10.0 Å². The van der Waals surface area contributed by atoms with Crippen LogP contribution in [-0.2, 0) is 16.6 Å². The number of hydrogen-bond donors (Lipinski definition) is 5. The van der Waals surface area contributed by atoms with Gasteiger partial charge in [0.25, 0.3) is 0 Å². The summed E-state index contributed by atoms with van der Waals surface area (Å²) in [6.07, 6.45) is 1.74. The van der Waals surface area contributed by atoms with Gasteiger partial charge in [-0.2, -0.15) is 0 Å². The molecule has 0 unspecified atom stereocenters. The van der Waals surface area contributed by atoms with Gasteiger partial charge < -0.3 is 10.2 Å². The van der Waals surface area contributed by atoms with Gasteiger partial charge in [0.15, 0.2) is 0 Å². The van der Waals surface area contributed by atoms with Gasteiger partial charge in [-0.15, -0.1) is 0 Å². The van der Waals surface area contributed by atoms with E-state index in [-0.39, 0.29) is 16.8 Å². The highest BCUT2D eigenvalue weighted by Crippen LogP contribution is 2.27. The van der Waals surface area contributed by atoms with E-state index in [9.17, 15) is 13.2 Å². The maximum absolute atomic E-state index is 13.1. The molecule has 3 aromatic carbocycles. The molecular formula is C25H29N5O4S. The second-order valence-corrected chi connectivity index (χ2v) is 9.54. The first-order chi connectivity index (χ1) is 16.7. The summed E-state index contributed by atoms with van der Waals surface area (Å²) in [6, 6.07) is 20.1. The van der Waals surface area contributed by atoms with Crippen molar-refractivity contribution in [2.75, 3.05) is 11.9 Å². The minimum Gasteiger partial charge on any atom is -0.320 e. The smallest absolute Gasteiger partial charge is 0.320 e. The van der Waals surface area contributed by atoms with Crippen LogP contribution in [0.1, 0.15) is 30.9 Å². The number of nitrogens with one attached hydrogen (secondary N) is 3. The molecule has 10 heteroatoms. The van der Waals surface area contributed by atoms with Crippen molar-refractivity contribution in [3.8, 4) is 11.1 Å². The number of rotatable bonds is 9. The van der Waals surface area contributed by atoms with Crippen LogP contribution in [0.4, 0.5) is 10.5 Å². The summed E-state index contributed by atoms with van der Waals surface area (Å²) < 4.78 is 23.8. The molecule has 3 rings (SSSR count). The van der Waals surface area contributed by atoms with Crippen LogP contribution in [-0.4, -0.2) is 36.9 Å². The fourth-order valence-electron chi connectivity index (χ4n) is 3.60. The maximum atomic E-state index is 13.1. The van der Waals surface area contributed by atoms with Crippen LogP contribution in [0.15, 0.2) is 77.7 Å². The van der Waals surface area contributed by atoms with Gasteiger partial charge >= 0.3 is 6.03 Å². The molecular weight excluding hydrogens is 466 g/mol. The molecule has 184 valence electrons. The van der Waals surface area contributed by atoms with Crippen molar-refractivity contribution in [2.24, 2.45) is 5.14 Å². The zero-order valence-corrected chi connectivity index (χ0v) is 20.2. The molecule has 0 heterocycles. The third kappa shape index (κ3) is 6.89. The second-order valence-electron chi connectivity index (χ2n) is 8.01. The van der Waals surface area contributed by atoms with Crippen LogP contribution in [0.3, 0.4) is 0 Å². The first-order valence-corrected chi connectivity index (χ1v) is 12.6. The van der Waals surface area contributed by atoms with Crippen LogP contribution in [0.2, 0.25) is 0 Å². The third-order valence-corrected chi connectivity index (χ3v) is 6.38. The van der Waals surface area contributed by atoms with Gasteiger partial charge in [0.1, 0.15) is 5.84 Å². The number of hydroxylamine groups is 1. The van der Waals surface area contributed by atoms with Crippen LogP contribution in [0.25, 0.3) is 11.1 Å². The summed E-state index contributed by atoms with van der Waals surface area (Å²) in [5.74, 6) is -0.125. The number of sulfonamides is 1. The summed E-state index contributed by atoms with van der Waals surface area (Å²) >= 11 is 0. The Balaban J connectivity index is 1.77. The summed E-state index contributed by atoms with van der Waals surface area (Å²) in [5.41, 5.74) is 4.87. The number of carbonyl (C=O) groups is 1. The molecule has 0 saturated carbocycles. The number of primary sulfonamides is 1. The molecule has 2 amide bonds. The van der Waals surface area contributed by atoms with E-state index in [1.165, 1.54) is 6.07 Å². The number of nitrogens with two attached hydrogens (primary N) is 1. The molecule has 0 aliphatic heterocycles. The molecule has 0 aromatic heterocycles. The molecule has 0 aliphatic rings. The minimum atomic E-state index is -3.88. The highest BCUT2D eigenvalue weighted by Gasteiger charge is 2.16. The summed E-state index contributed by atoms with van der Waals surface area (Å²) in [5, 5.41) is 25.0. The van der Waals surface area contributed by atoms with Crippen molar-refractivity contribution in [1.29, 1.82) is 5.41 Å². The van der Waals surface area contributed by atoms with Crippen LogP contribution in [0, 0.1) is 5.41 Å². The quantitative estimate of drug-likeness (QED) is 0.172. The average Bonchev–Trinajstić information content (AvgIpc) is 2.86. The molecule has 0 atom stereocenters. The first-order valence-electron chi connectivity index (χ1n) is 11.1. The second kappa shape index (κ2) is 11.6. The van der Waals surface area contributed by atoms with Gasteiger partial charge in [-0.3, -0.25) is 16.1 Å². The molecule has 0 radical (unpaired) electrons. The number of amidine groups is 1. The van der Waals surface area contributed by atoms with Crippen molar-refractivity contribution in [3.05, 3.63) is 83.9 Å². The van der Waals surface area contributed by atoms with E-state index < -0.39 is 10.0 Å². The Morgan fingerprint density at radius 2 is 1.77 bits per heavy atom. The topological polar surface area (TPSA) is 149 Å². The standard InChI is InChI=1S/C25H29N5O4S/c1-2-3-15-30(17-18-7-6-8-20(16-18)24(26)29-32)25(31)28-21-13-11-19(12-14-21)22-9-4-5-10-23(22)35(27,33)34/h4-14,16,32H,2-3,15,17H2,1H3,(H2,26,29)(H,28,31)(H2,27,33,34). The molecule has 35 heavy (non-hydrogen) atoms. The van der Waals surface area contributed by atoms with Crippen molar-refractivity contribution in [1.82, 2.24) is 10.4 Å². The zero-order chi connectivity index (χ0) is 25.4. The Kier molecular flexibility index (Phi) is 8.58. The lowest BCUT2D eigenvalue weighted by molar-refractivity contribution is 0.208. The highest BCUT2D eigenvalue weighted by molar-refractivity contribution is 7.89. The van der Waals surface area contributed by atoms with E-state index in [4.69, 9.17) is 15.8 Å². The molecule has 6 N–H and O–H groups in total. The summed E-state index contributed by atoms with van der Waals surface area (Å²) in [6.45, 7) is 2.92. The number of unbranched alkanes of at least 4 members (excludes halogenated alkanes) is 1. The van der Waals surface area contributed by atoms with E-state index in [0.29, 0.717) is 35.5 Å². The average molecular weight is 496 g/mol. The number of urea groups is 1. The Hall–Kier alpha value is -3.73. The van der Waals surface area contributed by atoms with Crippen molar-refractivity contribution in [2.45, 2.75) is 31.2 Å². The van der Waals surface area contributed by atoms with Gasteiger partial charge in [0, 0.05) is 29.9 Å². The number of amides is 2.